The smallest absolute Gasteiger partial charge is 0.317 e. The molecule has 2 atom stereocenters. The van der Waals surface area contributed by atoms with Crippen LogP contribution in [-0.2, 0) is 16.6 Å². The fourth-order valence-corrected chi connectivity index (χ4v) is 4.59. The van der Waals surface area contributed by atoms with Gasteiger partial charge in [0.25, 0.3) is 0 Å². The SMILES string of the molecule is CC[C@@H]1CN(C(=O)NCC[S@](=O)Cc2ccccc2)CCS1. The zero-order chi connectivity index (χ0) is 15.8. The number of carbonyl (C=O) groups is 1. The van der Waals surface area contributed by atoms with E-state index in [4.69, 9.17) is 0 Å². The maximum Gasteiger partial charge on any atom is 0.317 e. The van der Waals surface area contributed by atoms with E-state index < -0.39 is 10.8 Å². The first-order valence-electron chi connectivity index (χ1n) is 7.72. The minimum absolute atomic E-state index is 0.0181. The average molecular weight is 341 g/mol. The quantitative estimate of drug-likeness (QED) is 0.865. The van der Waals surface area contributed by atoms with Crippen molar-refractivity contribution in [2.24, 2.45) is 0 Å². The molecule has 1 heterocycles. The Morgan fingerprint density at radius 3 is 2.91 bits per heavy atom. The van der Waals surface area contributed by atoms with Crippen molar-refractivity contribution in [1.29, 1.82) is 0 Å². The van der Waals surface area contributed by atoms with Crippen molar-refractivity contribution < 1.29 is 9.00 Å². The summed E-state index contributed by atoms with van der Waals surface area (Å²) in [7, 11) is -0.938. The molecule has 0 bridgehead atoms. The van der Waals surface area contributed by atoms with Crippen LogP contribution >= 0.6 is 11.8 Å². The normalized spacial score (nSPS) is 19.7. The highest BCUT2D eigenvalue weighted by atomic mass is 32.2. The molecule has 122 valence electrons. The predicted octanol–water partition coefficient (Wildman–Crippen LogP) is 2.47. The van der Waals surface area contributed by atoms with E-state index in [1.165, 1.54) is 0 Å². The summed E-state index contributed by atoms with van der Waals surface area (Å²) in [6.07, 6.45) is 1.09. The molecule has 1 fully saturated rings. The number of carbonyl (C=O) groups excluding carboxylic acids is 1. The molecule has 0 radical (unpaired) electrons. The van der Waals surface area contributed by atoms with Crippen LogP contribution < -0.4 is 5.32 Å². The topological polar surface area (TPSA) is 49.4 Å². The lowest BCUT2D eigenvalue weighted by atomic mass is 10.2. The summed E-state index contributed by atoms with van der Waals surface area (Å²) < 4.78 is 12.0. The van der Waals surface area contributed by atoms with Gasteiger partial charge in [-0.25, -0.2) is 4.79 Å². The fraction of sp³-hybridized carbons (Fsp3) is 0.562. The summed E-state index contributed by atoms with van der Waals surface area (Å²) in [5.74, 6) is 2.06. The summed E-state index contributed by atoms with van der Waals surface area (Å²) in [5, 5.41) is 3.45. The van der Waals surface area contributed by atoms with Gasteiger partial charge >= 0.3 is 6.03 Å². The van der Waals surface area contributed by atoms with Crippen molar-refractivity contribution in [1.82, 2.24) is 10.2 Å². The highest BCUT2D eigenvalue weighted by molar-refractivity contribution is 8.00. The van der Waals surface area contributed by atoms with Crippen molar-refractivity contribution in [3.8, 4) is 0 Å². The van der Waals surface area contributed by atoms with E-state index in [2.05, 4.69) is 12.2 Å². The maximum atomic E-state index is 12.1. The van der Waals surface area contributed by atoms with Gasteiger partial charge in [-0.05, 0) is 12.0 Å². The molecule has 1 N–H and O–H groups in total. The Kier molecular flexibility index (Phi) is 7.25. The summed E-state index contributed by atoms with van der Waals surface area (Å²) in [4.78, 5) is 14.0. The van der Waals surface area contributed by atoms with Crippen LogP contribution in [0.25, 0.3) is 0 Å². The number of urea groups is 1. The van der Waals surface area contributed by atoms with Gasteiger partial charge in [0.05, 0.1) is 0 Å². The molecule has 6 heteroatoms. The van der Waals surface area contributed by atoms with Gasteiger partial charge in [0.15, 0.2) is 0 Å². The van der Waals surface area contributed by atoms with Gasteiger partial charge in [0.1, 0.15) is 0 Å². The zero-order valence-corrected chi connectivity index (χ0v) is 14.6. The highest BCUT2D eigenvalue weighted by Crippen LogP contribution is 2.20. The standard InChI is InChI=1S/C16H24N2O2S2/c1-2-15-12-18(9-10-21-15)16(19)17-8-11-22(20)13-14-6-4-3-5-7-14/h3-7,15H,2,8-13H2,1H3,(H,17,19)/t15-,22+/m1/s1. The average Bonchev–Trinajstić information content (AvgIpc) is 2.55. The summed E-state index contributed by atoms with van der Waals surface area (Å²) in [6, 6.07) is 9.79. The minimum atomic E-state index is -0.938. The van der Waals surface area contributed by atoms with Crippen molar-refractivity contribution >= 4 is 28.6 Å². The Morgan fingerprint density at radius 2 is 2.18 bits per heavy atom. The van der Waals surface area contributed by atoms with Gasteiger partial charge in [-0.15, -0.1) is 0 Å². The van der Waals surface area contributed by atoms with E-state index in [-0.39, 0.29) is 6.03 Å². The van der Waals surface area contributed by atoms with E-state index in [1.807, 2.05) is 47.0 Å². The summed E-state index contributed by atoms with van der Waals surface area (Å²) in [6.45, 7) is 4.25. The molecule has 22 heavy (non-hydrogen) atoms. The lowest BCUT2D eigenvalue weighted by Gasteiger charge is -2.31. The molecule has 0 spiro atoms. The molecule has 1 aromatic carbocycles. The summed E-state index contributed by atoms with van der Waals surface area (Å²) in [5.41, 5.74) is 1.08. The Labute approximate surface area is 139 Å². The number of rotatable bonds is 6. The Morgan fingerprint density at radius 1 is 1.41 bits per heavy atom. The van der Waals surface area contributed by atoms with Crippen LogP contribution in [0, 0.1) is 0 Å². The minimum Gasteiger partial charge on any atom is -0.337 e. The number of nitrogens with zero attached hydrogens (tertiary/aromatic N) is 1. The van der Waals surface area contributed by atoms with E-state index in [1.54, 1.807) is 0 Å². The highest BCUT2D eigenvalue weighted by Gasteiger charge is 2.22. The molecule has 0 saturated carbocycles. The summed E-state index contributed by atoms with van der Waals surface area (Å²) >= 11 is 1.94. The molecule has 0 aromatic heterocycles. The van der Waals surface area contributed by atoms with Gasteiger partial charge in [0.2, 0.25) is 0 Å². The number of benzene rings is 1. The second-order valence-corrected chi connectivity index (χ2v) is 8.34. The first-order chi connectivity index (χ1) is 10.7. The molecule has 4 nitrogen and oxygen atoms in total. The first-order valence-corrected chi connectivity index (χ1v) is 10.3. The van der Waals surface area contributed by atoms with Crippen molar-refractivity contribution in [3.63, 3.8) is 0 Å². The number of hydrogen-bond donors (Lipinski definition) is 1. The number of hydrogen-bond acceptors (Lipinski definition) is 3. The van der Waals surface area contributed by atoms with Crippen LogP contribution in [0.15, 0.2) is 30.3 Å². The third-order valence-corrected chi connectivity index (χ3v) is 6.34. The molecule has 1 saturated heterocycles. The predicted molar refractivity (Wildman–Crippen MR) is 94.7 cm³/mol. The lowest BCUT2D eigenvalue weighted by Crippen LogP contribution is -2.47. The number of thioether (sulfide) groups is 1. The molecule has 1 aliphatic rings. The Bertz CT molecular complexity index is 496. The molecule has 0 aliphatic carbocycles. The van der Waals surface area contributed by atoms with Crippen LogP contribution in [0.2, 0.25) is 0 Å². The third-order valence-electron chi connectivity index (χ3n) is 3.66. The molecular formula is C16H24N2O2S2. The van der Waals surface area contributed by atoms with Gasteiger partial charge in [0, 0.05) is 52.9 Å². The van der Waals surface area contributed by atoms with Crippen LogP contribution in [-0.4, -0.2) is 51.5 Å². The molecule has 0 unspecified atom stereocenters. The van der Waals surface area contributed by atoms with Crippen LogP contribution in [0.3, 0.4) is 0 Å². The lowest BCUT2D eigenvalue weighted by molar-refractivity contribution is 0.200. The zero-order valence-electron chi connectivity index (χ0n) is 13.0. The maximum absolute atomic E-state index is 12.1. The van der Waals surface area contributed by atoms with Crippen molar-refractivity contribution in [2.75, 3.05) is 31.1 Å². The third kappa shape index (κ3) is 5.65. The monoisotopic (exact) mass is 340 g/mol. The van der Waals surface area contributed by atoms with Crippen LogP contribution in [0.1, 0.15) is 18.9 Å². The largest absolute Gasteiger partial charge is 0.337 e. The van der Waals surface area contributed by atoms with Gasteiger partial charge in [-0.1, -0.05) is 37.3 Å². The second kappa shape index (κ2) is 9.20. The van der Waals surface area contributed by atoms with E-state index in [9.17, 15) is 9.00 Å². The fourth-order valence-electron chi connectivity index (χ4n) is 2.37. The number of amides is 2. The van der Waals surface area contributed by atoms with Crippen LogP contribution in [0.4, 0.5) is 4.79 Å². The molecule has 1 aromatic rings. The van der Waals surface area contributed by atoms with Gasteiger partial charge in [-0.2, -0.15) is 11.8 Å². The molecule has 2 amide bonds. The molecule has 2 rings (SSSR count). The van der Waals surface area contributed by atoms with Crippen molar-refractivity contribution in [3.05, 3.63) is 35.9 Å². The second-order valence-electron chi connectivity index (χ2n) is 5.35. The Balaban J connectivity index is 1.67. The van der Waals surface area contributed by atoms with E-state index in [0.717, 1.165) is 30.8 Å². The van der Waals surface area contributed by atoms with E-state index >= 15 is 0 Å². The van der Waals surface area contributed by atoms with Crippen LogP contribution in [0.5, 0.6) is 0 Å². The first kappa shape index (κ1) is 17.3. The molecule has 1 aliphatic heterocycles. The van der Waals surface area contributed by atoms with Crippen molar-refractivity contribution in [2.45, 2.75) is 24.3 Å². The Hall–Kier alpha value is -1.01. The van der Waals surface area contributed by atoms with Gasteiger partial charge in [-0.3, -0.25) is 4.21 Å². The molecular weight excluding hydrogens is 316 g/mol. The van der Waals surface area contributed by atoms with Gasteiger partial charge < -0.3 is 10.2 Å². The van der Waals surface area contributed by atoms with E-state index in [0.29, 0.717) is 23.3 Å². The number of nitrogens with one attached hydrogen (secondary N) is 1.